The van der Waals surface area contributed by atoms with Gasteiger partial charge in [0.15, 0.2) is 0 Å². The van der Waals surface area contributed by atoms with Gasteiger partial charge < -0.3 is 10.6 Å². The number of carbonyl (C=O) groups is 2. The SMILES string of the molecule is CCC(=O)Nc1ccc(C(C)NC(=O)c2cnn(-c3cccc(Cl)c3)c2CC)cc1. The lowest BCUT2D eigenvalue weighted by molar-refractivity contribution is -0.115. The third-order valence-electron chi connectivity index (χ3n) is 4.86. The van der Waals surface area contributed by atoms with E-state index in [9.17, 15) is 9.59 Å². The number of rotatable bonds is 7. The molecule has 1 aromatic heterocycles. The molecule has 0 saturated heterocycles. The first-order valence-electron chi connectivity index (χ1n) is 9.96. The minimum Gasteiger partial charge on any atom is -0.345 e. The third kappa shape index (κ3) is 4.89. The van der Waals surface area contributed by atoms with Gasteiger partial charge in [0, 0.05) is 17.1 Å². The van der Waals surface area contributed by atoms with Crippen molar-refractivity contribution in [2.75, 3.05) is 5.32 Å². The van der Waals surface area contributed by atoms with Gasteiger partial charge >= 0.3 is 0 Å². The van der Waals surface area contributed by atoms with Crippen LogP contribution in [0.15, 0.2) is 54.7 Å². The first kappa shape index (κ1) is 21.6. The highest BCUT2D eigenvalue weighted by Gasteiger charge is 2.19. The van der Waals surface area contributed by atoms with Crippen molar-refractivity contribution >= 4 is 29.1 Å². The predicted molar refractivity (Wildman–Crippen MR) is 119 cm³/mol. The summed E-state index contributed by atoms with van der Waals surface area (Å²) in [5, 5.41) is 10.9. The van der Waals surface area contributed by atoms with E-state index in [4.69, 9.17) is 11.6 Å². The highest BCUT2D eigenvalue weighted by molar-refractivity contribution is 6.30. The summed E-state index contributed by atoms with van der Waals surface area (Å²) in [4.78, 5) is 24.4. The van der Waals surface area contributed by atoms with Gasteiger partial charge in [-0.2, -0.15) is 5.10 Å². The second kappa shape index (κ2) is 9.59. The Kier molecular flexibility index (Phi) is 6.90. The molecule has 0 radical (unpaired) electrons. The standard InChI is InChI=1S/C23H25ClN4O2/c1-4-21-20(14-25-28(21)19-8-6-7-17(24)13-19)23(30)26-15(3)16-9-11-18(12-10-16)27-22(29)5-2/h6-15H,4-5H2,1-3H3,(H,26,30)(H,27,29). The van der Waals surface area contributed by atoms with Crippen molar-refractivity contribution in [3.05, 3.63) is 76.6 Å². The zero-order valence-electron chi connectivity index (χ0n) is 17.3. The molecule has 0 fully saturated rings. The quantitative estimate of drug-likeness (QED) is 0.564. The van der Waals surface area contributed by atoms with Gasteiger partial charge in [0.25, 0.3) is 5.91 Å². The molecule has 2 amide bonds. The summed E-state index contributed by atoms with van der Waals surface area (Å²) in [7, 11) is 0. The molecule has 0 bridgehead atoms. The molecular formula is C23H25ClN4O2. The van der Waals surface area contributed by atoms with Crippen molar-refractivity contribution < 1.29 is 9.59 Å². The zero-order valence-corrected chi connectivity index (χ0v) is 18.0. The lowest BCUT2D eigenvalue weighted by Gasteiger charge is -2.15. The zero-order chi connectivity index (χ0) is 21.7. The van der Waals surface area contributed by atoms with Crippen LogP contribution in [0.1, 0.15) is 54.8 Å². The highest BCUT2D eigenvalue weighted by atomic mass is 35.5. The van der Waals surface area contributed by atoms with Crippen molar-refractivity contribution in [3.63, 3.8) is 0 Å². The largest absolute Gasteiger partial charge is 0.345 e. The maximum Gasteiger partial charge on any atom is 0.255 e. The van der Waals surface area contributed by atoms with Crippen molar-refractivity contribution in [1.82, 2.24) is 15.1 Å². The Bertz CT molecular complexity index is 1040. The number of nitrogens with one attached hydrogen (secondary N) is 2. The Morgan fingerprint density at radius 1 is 1.13 bits per heavy atom. The molecule has 1 unspecified atom stereocenters. The Hall–Kier alpha value is -3.12. The first-order valence-corrected chi connectivity index (χ1v) is 10.3. The predicted octanol–water partition coefficient (Wildman–Crippen LogP) is 4.93. The number of carbonyl (C=O) groups excluding carboxylic acids is 2. The van der Waals surface area contributed by atoms with E-state index in [1.54, 1.807) is 23.9 Å². The molecule has 3 aromatic rings. The van der Waals surface area contributed by atoms with Crippen LogP contribution < -0.4 is 10.6 Å². The second-order valence-electron chi connectivity index (χ2n) is 6.97. The Morgan fingerprint density at radius 3 is 2.50 bits per heavy atom. The van der Waals surface area contributed by atoms with E-state index in [1.165, 1.54) is 0 Å². The molecule has 0 saturated carbocycles. The van der Waals surface area contributed by atoms with Crippen LogP contribution in [0.5, 0.6) is 0 Å². The van der Waals surface area contributed by atoms with Crippen molar-refractivity contribution in [3.8, 4) is 5.69 Å². The minimum absolute atomic E-state index is 0.0343. The number of halogens is 1. The van der Waals surface area contributed by atoms with Crippen molar-refractivity contribution in [2.45, 2.75) is 39.7 Å². The topological polar surface area (TPSA) is 76.0 Å². The molecule has 2 N–H and O–H groups in total. The number of hydrogen-bond acceptors (Lipinski definition) is 3. The van der Waals surface area contributed by atoms with Crippen molar-refractivity contribution in [2.24, 2.45) is 0 Å². The first-order chi connectivity index (χ1) is 14.4. The van der Waals surface area contributed by atoms with Crippen LogP contribution in [0, 0.1) is 0 Å². The van der Waals surface area contributed by atoms with Gasteiger partial charge in [0.05, 0.1) is 29.2 Å². The van der Waals surface area contributed by atoms with Gasteiger partial charge in [0.2, 0.25) is 5.91 Å². The van der Waals surface area contributed by atoms with Crippen LogP contribution in [-0.4, -0.2) is 21.6 Å². The Labute approximate surface area is 181 Å². The van der Waals surface area contributed by atoms with E-state index >= 15 is 0 Å². The summed E-state index contributed by atoms with van der Waals surface area (Å²) < 4.78 is 1.75. The average molecular weight is 425 g/mol. The van der Waals surface area contributed by atoms with Crippen LogP contribution >= 0.6 is 11.6 Å². The summed E-state index contributed by atoms with van der Waals surface area (Å²) >= 11 is 6.10. The molecular weight excluding hydrogens is 400 g/mol. The van der Waals surface area contributed by atoms with Gasteiger partial charge in [-0.15, -0.1) is 0 Å². The Morgan fingerprint density at radius 2 is 1.87 bits per heavy atom. The summed E-state index contributed by atoms with van der Waals surface area (Å²) in [5.74, 6) is -0.219. The maximum atomic E-state index is 12.9. The van der Waals surface area contributed by atoms with Crippen molar-refractivity contribution in [1.29, 1.82) is 0 Å². The van der Waals surface area contributed by atoms with E-state index in [0.29, 0.717) is 23.4 Å². The van der Waals surface area contributed by atoms with Gasteiger partial charge in [-0.05, 0) is 49.2 Å². The fourth-order valence-corrected chi connectivity index (χ4v) is 3.38. The molecule has 30 heavy (non-hydrogen) atoms. The highest BCUT2D eigenvalue weighted by Crippen LogP contribution is 2.21. The molecule has 0 spiro atoms. The number of anilines is 1. The number of benzene rings is 2. The van der Waals surface area contributed by atoms with E-state index in [-0.39, 0.29) is 17.9 Å². The summed E-state index contributed by atoms with van der Waals surface area (Å²) in [6.07, 6.45) is 2.66. The molecule has 7 heteroatoms. The fraction of sp³-hybridized carbons (Fsp3) is 0.261. The van der Waals surface area contributed by atoms with Gasteiger partial charge in [-0.1, -0.05) is 43.6 Å². The van der Waals surface area contributed by atoms with Crippen LogP contribution in [0.2, 0.25) is 5.02 Å². The number of hydrogen-bond donors (Lipinski definition) is 2. The molecule has 0 aliphatic carbocycles. The second-order valence-corrected chi connectivity index (χ2v) is 7.41. The van der Waals surface area contributed by atoms with Gasteiger partial charge in [0.1, 0.15) is 0 Å². The smallest absolute Gasteiger partial charge is 0.255 e. The van der Waals surface area contributed by atoms with E-state index < -0.39 is 0 Å². The molecule has 0 aliphatic heterocycles. The molecule has 1 atom stereocenters. The van der Waals surface area contributed by atoms with E-state index in [0.717, 1.165) is 22.6 Å². The number of amides is 2. The summed E-state index contributed by atoms with van der Waals surface area (Å²) in [6, 6.07) is 14.6. The van der Waals surface area contributed by atoms with Crippen LogP contribution in [-0.2, 0) is 11.2 Å². The third-order valence-corrected chi connectivity index (χ3v) is 5.10. The normalized spacial score (nSPS) is 11.7. The lowest BCUT2D eigenvalue weighted by Crippen LogP contribution is -2.27. The number of aromatic nitrogens is 2. The van der Waals surface area contributed by atoms with Gasteiger partial charge in [-0.25, -0.2) is 4.68 Å². The van der Waals surface area contributed by atoms with Crippen LogP contribution in [0.25, 0.3) is 5.69 Å². The average Bonchev–Trinajstić information content (AvgIpc) is 3.18. The molecule has 1 heterocycles. The van der Waals surface area contributed by atoms with Crippen LogP contribution in [0.3, 0.4) is 0 Å². The molecule has 156 valence electrons. The summed E-state index contributed by atoms with van der Waals surface area (Å²) in [5.41, 5.74) is 3.85. The molecule has 0 aliphatic rings. The monoisotopic (exact) mass is 424 g/mol. The summed E-state index contributed by atoms with van der Waals surface area (Å²) in [6.45, 7) is 5.71. The van der Waals surface area contributed by atoms with E-state index in [2.05, 4.69) is 15.7 Å². The number of nitrogens with zero attached hydrogens (tertiary/aromatic N) is 2. The molecule has 6 nitrogen and oxygen atoms in total. The van der Waals surface area contributed by atoms with Crippen LogP contribution in [0.4, 0.5) is 5.69 Å². The Balaban J connectivity index is 1.75. The molecule has 2 aromatic carbocycles. The minimum atomic E-state index is -0.201. The fourth-order valence-electron chi connectivity index (χ4n) is 3.20. The maximum absolute atomic E-state index is 12.9. The molecule has 3 rings (SSSR count). The lowest BCUT2D eigenvalue weighted by atomic mass is 10.1. The van der Waals surface area contributed by atoms with Gasteiger partial charge in [-0.3, -0.25) is 9.59 Å². The van der Waals surface area contributed by atoms with E-state index in [1.807, 2.05) is 56.3 Å².